The fraction of sp³-hybridized carbons (Fsp3) is 0.348. The topological polar surface area (TPSA) is 116 Å². The molecule has 0 bridgehead atoms. The summed E-state index contributed by atoms with van der Waals surface area (Å²) in [5, 5.41) is 7.53. The number of nitrogens with zero attached hydrogens (tertiary/aromatic N) is 5. The lowest BCUT2D eigenvalue weighted by atomic mass is 10.2. The van der Waals surface area contributed by atoms with Gasteiger partial charge in [-0.1, -0.05) is 0 Å². The van der Waals surface area contributed by atoms with Crippen molar-refractivity contribution >= 4 is 23.2 Å². The molecule has 214 valence electrons. The minimum absolute atomic E-state index is 0.0668. The van der Waals surface area contributed by atoms with Gasteiger partial charge in [0, 0.05) is 31.5 Å². The molecule has 1 aliphatic rings. The van der Waals surface area contributed by atoms with Gasteiger partial charge in [0.15, 0.2) is 11.6 Å². The van der Waals surface area contributed by atoms with Gasteiger partial charge in [0.2, 0.25) is 11.7 Å². The maximum atomic E-state index is 15.2. The lowest BCUT2D eigenvalue weighted by Gasteiger charge is -2.34. The molecule has 1 atom stereocenters. The number of hydrogen-bond donors (Lipinski definition) is 2. The highest BCUT2D eigenvalue weighted by Crippen LogP contribution is 2.32. The average Bonchev–Trinajstić information content (AvgIpc) is 2.87. The van der Waals surface area contributed by atoms with Crippen LogP contribution in [0.5, 0.6) is 5.75 Å². The van der Waals surface area contributed by atoms with E-state index in [1.54, 1.807) is 5.10 Å². The Morgan fingerprint density at radius 1 is 1.05 bits per heavy atom. The van der Waals surface area contributed by atoms with E-state index in [9.17, 15) is 35.9 Å². The molecule has 1 fully saturated rings. The van der Waals surface area contributed by atoms with Crippen molar-refractivity contribution in [1.29, 1.82) is 0 Å². The van der Waals surface area contributed by atoms with Crippen LogP contribution in [0.4, 0.5) is 48.1 Å². The van der Waals surface area contributed by atoms with E-state index in [0.29, 0.717) is 6.20 Å². The van der Waals surface area contributed by atoms with Gasteiger partial charge in [-0.25, -0.2) is 15.1 Å². The molecule has 10 nitrogen and oxygen atoms in total. The number of H-pyrrole nitrogens is 1. The Morgan fingerprint density at radius 3 is 2.42 bits per heavy atom. The van der Waals surface area contributed by atoms with Crippen molar-refractivity contribution in [2.75, 3.05) is 41.4 Å². The van der Waals surface area contributed by atoms with Crippen LogP contribution in [0.3, 0.4) is 0 Å². The SMILES string of the molecule is C[C@@H](COc1ccnc(N2CCN(c3ccc(C(F)(F)F)cn3)CC2=O)c1F)Nc1cn[nH]c(=O)c1C(F)(F)F. The third-order valence-corrected chi connectivity index (χ3v) is 5.74. The zero-order valence-electron chi connectivity index (χ0n) is 20.5. The minimum Gasteiger partial charge on any atom is -0.488 e. The molecule has 2 N–H and O–H groups in total. The van der Waals surface area contributed by atoms with Crippen LogP contribution in [-0.4, -0.2) is 58.4 Å². The first-order chi connectivity index (χ1) is 18.8. The molecule has 3 aromatic rings. The zero-order chi connectivity index (χ0) is 29.2. The van der Waals surface area contributed by atoms with Crippen molar-refractivity contribution in [3.63, 3.8) is 0 Å². The lowest BCUT2D eigenvalue weighted by molar-refractivity contribution is -0.138. The van der Waals surface area contributed by atoms with Crippen LogP contribution < -0.4 is 25.4 Å². The second-order valence-corrected chi connectivity index (χ2v) is 8.66. The Kier molecular flexibility index (Phi) is 7.84. The normalized spacial score (nSPS) is 15.2. The number of carbonyl (C=O) groups is 1. The Hall–Kier alpha value is -4.44. The number of ether oxygens (including phenoxy) is 1. The first kappa shape index (κ1) is 28.6. The quantitative estimate of drug-likeness (QED) is 0.412. The fourth-order valence-electron chi connectivity index (χ4n) is 3.86. The summed E-state index contributed by atoms with van der Waals surface area (Å²) in [7, 11) is 0. The second kappa shape index (κ2) is 11.0. The van der Waals surface area contributed by atoms with Crippen LogP contribution >= 0.6 is 0 Å². The molecule has 0 spiro atoms. The Morgan fingerprint density at radius 2 is 1.80 bits per heavy atom. The fourth-order valence-corrected chi connectivity index (χ4v) is 3.86. The smallest absolute Gasteiger partial charge is 0.423 e. The summed E-state index contributed by atoms with van der Waals surface area (Å²) in [6, 6.07) is 2.29. The number of anilines is 3. The highest BCUT2D eigenvalue weighted by atomic mass is 19.4. The Balaban J connectivity index is 1.41. The molecule has 0 aromatic carbocycles. The van der Waals surface area contributed by atoms with E-state index < -0.39 is 52.5 Å². The van der Waals surface area contributed by atoms with E-state index in [1.165, 1.54) is 18.0 Å². The summed E-state index contributed by atoms with van der Waals surface area (Å²) >= 11 is 0. The maximum Gasteiger partial charge on any atom is 0.423 e. The lowest BCUT2D eigenvalue weighted by Crippen LogP contribution is -2.51. The predicted octanol–water partition coefficient (Wildman–Crippen LogP) is 3.47. The van der Waals surface area contributed by atoms with E-state index in [4.69, 9.17) is 4.74 Å². The first-order valence-electron chi connectivity index (χ1n) is 11.5. The Bertz CT molecular complexity index is 1430. The number of nitrogens with one attached hydrogen (secondary N) is 2. The molecule has 3 aromatic heterocycles. The van der Waals surface area contributed by atoms with Crippen LogP contribution in [0.1, 0.15) is 18.1 Å². The van der Waals surface area contributed by atoms with E-state index in [-0.39, 0.29) is 43.6 Å². The summed E-state index contributed by atoms with van der Waals surface area (Å²) in [5.74, 6) is -2.16. The Labute approximate surface area is 220 Å². The van der Waals surface area contributed by atoms with Crippen LogP contribution in [0.25, 0.3) is 0 Å². The van der Waals surface area contributed by atoms with E-state index in [2.05, 4.69) is 20.4 Å². The van der Waals surface area contributed by atoms with Gasteiger partial charge in [-0.05, 0) is 19.1 Å². The zero-order valence-corrected chi connectivity index (χ0v) is 20.5. The van der Waals surface area contributed by atoms with Crippen LogP contribution in [0.15, 0.2) is 41.6 Å². The summed E-state index contributed by atoms with van der Waals surface area (Å²) in [6.07, 6.45) is -6.90. The largest absolute Gasteiger partial charge is 0.488 e. The second-order valence-electron chi connectivity index (χ2n) is 8.66. The summed E-state index contributed by atoms with van der Waals surface area (Å²) in [4.78, 5) is 34.5. The number of pyridine rings is 2. The van der Waals surface area contributed by atoms with Gasteiger partial charge >= 0.3 is 12.4 Å². The molecule has 17 heteroatoms. The molecular weight excluding hydrogens is 555 g/mol. The molecule has 1 aliphatic heterocycles. The summed E-state index contributed by atoms with van der Waals surface area (Å²) < 4.78 is 98.7. The number of aromatic amines is 1. The number of halogens is 7. The molecule has 0 aliphatic carbocycles. The van der Waals surface area contributed by atoms with Crippen LogP contribution in [0.2, 0.25) is 0 Å². The molecule has 1 saturated heterocycles. The van der Waals surface area contributed by atoms with E-state index in [1.807, 2.05) is 0 Å². The minimum atomic E-state index is -4.95. The van der Waals surface area contributed by atoms with E-state index >= 15 is 4.39 Å². The monoisotopic (exact) mass is 575 g/mol. The molecule has 4 rings (SSSR count). The highest BCUT2D eigenvalue weighted by molar-refractivity contribution is 5.97. The van der Waals surface area contributed by atoms with E-state index in [0.717, 1.165) is 29.3 Å². The van der Waals surface area contributed by atoms with Crippen molar-refractivity contribution in [2.24, 2.45) is 0 Å². The first-order valence-corrected chi connectivity index (χ1v) is 11.5. The maximum absolute atomic E-state index is 15.2. The van der Waals surface area contributed by atoms with Crippen molar-refractivity contribution in [3.05, 3.63) is 64.1 Å². The molecule has 0 saturated carbocycles. The molecule has 1 amide bonds. The summed E-state index contributed by atoms with van der Waals surface area (Å²) in [5.41, 5.74) is -4.44. The standard InChI is InChI=1S/C23H20F7N7O3/c1-12(34-14-9-33-35-21(39)18(14)23(28,29)30)11-40-15-4-5-31-20(19(15)24)37-7-6-36(10-17(37)38)16-3-2-13(8-32-16)22(25,26)27/h2-5,8-9,12H,6-7,10-11H2,1H3,(H2,34,35,39)/t12-/m0/s1. The van der Waals surface area contributed by atoms with Gasteiger partial charge in [-0.15, -0.1) is 0 Å². The third-order valence-electron chi connectivity index (χ3n) is 5.74. The van der Waals surface area contributed by atoms with Crippen molar-refractivity contribution < 1.29 is 40.3 Å². The van der Waals surface area contributed by atoms with Gasteiger partial charge in [0.05, 0.1) is 30.0 Å². The number of piperazine rings is 1. The number of aromatic nitrogens is 4. The average molecular weight is 575 g/mol. The van der Waals surface area contributed by atoms with Gasteiger partial charge < -0.3 is 15.0 Å². The molecular formula is C23H20F7N7O3. The molecule has 4 heterocycles. The van der Waals surface area contributed by atoms with Gasteiger partial charge in [-0.3, -0.25) is 14.5 Å². The van der Waals surface area contributed by atoms with Crippen LogP contribution in [0, 0.1) is 5.82 Å². The van der Waals surface area contributed by atoms with Gasteiger partial charge in [0.25, 0.3) is 5.56 Å². The number of carbonyl (C=O) groups excluding carboxylic acids is 1. The third kappa shape index (κ3) is 6.23. The highest BCUT2D eigenvalue weighted by Gasteiger charge is 2.38. The number of alkyl halides is 6. The molecule has 40 heavy (non-hydrogen) atoms. The molecule has 0 radical (unpaired) electrons. The van der Waals surface area contributed by atoms with Crippen LogP contribution in [-0.2, 0) is 17.1 Å². The number of amides is 1. The predicted molar refractivity (Wildman–Crippen MR) is 126 cm³/mol. The van der Waals surface area contributed by atoms with Gasteiger partial charge in [0.1, 0.15) is 18.0 Å². The number of rotatable bonds is 7. The van der Waals surface area contributed by atoms with Crippen molar-refractivity contribution in [3.8, 4) is 5.75 Å². The van der Waals surface area contributed by atoms with Crippen molar-refractivity contribution in [2.45, 2.75) is 25.3 Å². The van der Waals surface area contributed by atoms with Gasteiger partial charge in [-0.2, -0.15) is 35.8 Å². The number of hydrogen-bond acceptors (Lipinski definition) is 8. The summed E-state index contributed by atoms with van der Waals surface area (Å²) in [6.45, 7) is 0.828. The molecule has 0 unspecified atom stereocenters. The van der Waals surface area contributed by atoms with Crippen molar-refractivity contribution in [1.82, 2.24) is 20.2 Å².